The summed E-state index contributed by atoms with van der Waals surface area (Å²) in [6, 6.07) is 15.0. The van der Waals surface area contributed by atoms with Crippen molar-refractivity contribution in [1.82, 2.24) is 0 Å². The van der Waals surface area contributed by atoms with Crippen LogP contribution in [0.5, 0.6) is 34.5 Å². The molecule has 0 amide bonds. The van der Waals surface area contributed by atoms with Crippen LogP contribution in [0, 0.1) is 0 Å². The molecule has 0 radical (unpaired) electrons. The van der Waals surface area contributed by atoms with Crippen molar-refractivity contribution in [1.29, 1.82) is 0 Å². The molecule has 0 atom stereocenters. The highest BCUT2D eigenvalue weighted by Crippen LogP contribution is 2.33. The van der Waals surface area contributed by atoms with Crippen molar-refractivity contribution in [3.05, 3.63) is 89.0 Å². The van der Waals surface area contributed by atoms with Gasteiger partial charge in [0, 0.05) is 11.1 Å². The van der Waals surface area contributed by atoms with E-state index < -0.39 is 11.6 Å². The van der Waals surface area contributed by atoms with Crippen LogP contribution >= 0.6 is 0 Å². The zero-order chi connectivity index (χ0) is 28.4. The number of phenols is 1. The van der Waals surface area contributed by atoms with E-state index in [0.29, 0.717) is 39.7 Å². The van der Waals surface area contributed by atoms with E-state index in [9.17, 15) is 14.7 Å². The third-order valence-corrected chi connectivity index (χ3v) is 5.74. The third-order valence-electron chi connectivity index (χ3n) is 5.74. The Labute approximate surface area is 227 Å². The minimum atomic E-state index is -0.542. The van der Waals surface area contributed by atoms with Crippen molar-refractivity contribution in [3.63, 3.8) is 0 Å². The Balaban J connectivity index is 2.04. The summed E-state index contributed by atoms with van der Waals surface area (Å²) < 4.78 is 26.7. The highest BCUT2D eigenvalue weighted by atomic mass is 16.5. The van der Waals surface area contributed by atoms with E-state index in [1.165, 1.54) is 65.9 Å². The second kappa shape index (κ2) is 13.5. The lowest BCUT2D eigenvalue weighted by Crippen LogP contribution is -2.09. The summed E-state index contributed by atoms with van der Waals surface area (Å²) in [7, 11) is 7.45. The number of carbonyl (C=O) groups excluding carboxylic acids is 2. The molecular formula is C31H30O8. The molecule has 202 valence electrons. The van der Waals surface area contributed by atoms with Gasteiger partial charge in [-0.1, -0.05) is 30.3 Å². The van der Waals surface area contributed by atoms with Crippen LogP contribution < -0.4 is 23.7 Å². The molecule has 3 aromatic carbocycles. The van der Waals surface area contributed by atoms with Gasteiger partial charge in [-0.15, -0.1) is 0 Å². The zero-order valence-corrected chi connectivity index (χ0v) is 22.4. The maximum atomic E-state index is 13.4. The van der Waals surface area contributed by atoms with E-state index in [1.54, 1.807) is 54.6 Å². The molecular weight excluding hydrogens is 500 g/mol. The predicted octanol–water partition coefficient (Wildman–Crippen LogP) is 5.38. The number of allylic oxidation sites excluding steroid dienone is 3. The van der Waals surface area contributed by atoms with Crippen LogP contribution in [0.1, 0.15) is 16.7 Å². The highest BCUT2D eigenvalue weighted by Gasteiger charge is 2.16. The van der Waals surface area contributed by atoms with Gasteiger partial charge in [-0.2, -0.15) is 0 Å². The van der Waals surface area contributed by atoms with Crippen molar-refractivity contribution in [3.8, 4) is 34.5 Å². The maximum absolute atomic E-state index is 13.4. The molecule has 0 saturated carbocycles. The third kappa shape index (κ3) is 6.87. The number of benzene rings is 3. The number of para-hydroxylation sites is 2. The van der Waals surface area contributed by atoms with Gasteiger partial charge >= 0.3 is 0 Å². The number of aromatic hydroxyl groups is 1. The minimum absolute atomic E-state index is 0.0658. The molecule has 0 heterocycles. The van der Waals surface area contributed by atoms with Crippen LogP contribution in [0.4, 0.5) is 0 Å². The lowest BCUT2D eigenvalue weighted by Gasteiger charge is -2.10. The standard InChI is InChI=1S/C31H30O8/c1-35-27-10-6-8-21(30(27)38-4)13-16-24(32)23(18-20-12-15-26(34)29(19-20)37-3)25(33)17-14-22-9-7-11-28(36-2)31(22)39-5/h6-19,34H,1-5H3/b16-13+,17-14+. The predicted molar refractivity (Wildman–Crippen MR) is 150 cm³/mol. The normalized spacial score (nSPS) is 10.8. The second-order valence-electron chi connectivity index (χ2n) is 8.05. The van der Waals surface area contributed by atoms with Gasteiger partial charge in [0.1, 0.15) is 0 Å². The molecule has 0 aliphatic heterocycles. The van der Waals surface area contributed by atoms with Crippen molar-refractivity contribution in [2.24, 2.45) is 0 Å². The number of ether oxygens (including phenoxy) is 5. The van der Waals surface area contributed by atoms with Gasteiger partial charge in [-0.25, -0.2) is 0 Å². The largest absolute Gasteiger partial charge is 0.504 e. The summed E-state index contributed by atoms with van der Waals surface area (Å²) in [5.41, 5.74) is 1.57. The number of rotatable bonds is 12. The Morgan fingerprint density at radius 3 is 1.56 bits per heavy atom. The fourth-order valence-corrected chi connectivity index (χ4v) is 3.81. The number of hydrogen-bond acceptors (Lipinski definition) is 8. The summed E-state index contributed by atoms with van der Waals surface area (Å²) in [4.78, 5) is 26.7. The van der Waals surface area contributed by atoms with Crippen molar-refractivity contribution in [2.45, 2.75) is 0 Å². The smallest absolute Gasteiger partial charge is 0.189 e. The summed E-state index contributed by atoms with van der Waals surface area (Å²) in [6.07, 6.45) is 7.12. The van der Waals surface area contributed by atoms with Crippen LogP contribution in [0.15, 0.2) is 72.3 Å². The summed E-state index contributed by atoms with van der Waals surface area (Å²) in [5.74, 6) is 0.970. The fourth-order valence-electron chi connectivity index (χ4n) is 3.81. The van der Waals surface area contributed by atoms with E-state index in [1.807, 2.05) is 0 Å². The molecule has 0 fully saturated rings. The lowest BCUT2D eigenvalue weighted by atomic mass is 10.00. The maximum Gasteiger partial charge on any atom is 0.189 e. The van der Waals surface area contributed by atoms with E-state index in [4.69, 9.17) is 23.7 Å². The van der Waals surface area contributed by atoms with E-state index in [0.717, 1.165) is 0 Å². The zero-order valence-electron chi connectivity index (χ0n) is 22.4. The van der Waals surface area contributed by atoms with E-state index >= 15 is 0 Å². The second-order valence-corrected chi connectivity index (χ2v) is 8.05. The molecule has 8 nitrogen and oxygen atoms in total. The molecule has 1 N–H and O–H groups in total. The Kier molecular flexibility index (Phi) is 9.92. The molecule has 0 unspecified atom stereocenters. The number of carbonyl (C=O) groups is 2. The molecule has 0 aliphatic carbocycles. The van der Waals surface area contributed by atoms with Crippen LogP contribution in [0.25, 0.3) is 18.2 Å². The lowest BCUT2D eigenvalue weighted by molar-refractivity contribution is -0.116. The Bertz CT molecular complexity index is 1350. The SMILES string of the molecule is COc1cc(C=C(C(=O)/C=C/c2cccc(OC)c2OC)C(=O)/C=C/c2cccc(OC)c2OC)ccc1O. The van der Waals surface area contributed by atoms with Gasteiger partial charge in [0.05, 0.1) is 41.1 Å². The highest BCUT2D eigenvalue weighted by molar-refractivity contribution is 6.31. The Morgan fingerprint density at radius 1 is 0.641 bits per heavy atom. The summed E-state index contributed by atoms with van der Waals surface area (Å²) in [6.45, 7) is 0. The molecule has 39 heavy (non-hydrogen) atoms. The van der Waals surface area contributed by atoms with E-state index in [2.05, 4.69) is 0 Å². The first kappa shape index (κ1) is 28.6. The molecule has 0 aliphatic rings. The first-order valence-electron chi connectivity index (χ1n) is 11.8. The Morgan fingerprint density at radius 2 is 1.13 bits per heavy atom. The van der Waals surface area contributed by atoms with Gasteiger partial charge in [-0.3, -0.25) is 9.59 Å². The van der Waals surface area contributed by atoms with E-state index in [-0.39, 0.29) is 17.1 Å². The van der Waals surface area contributed by atoms with Crippen molar-refractivity contribution in [2.75, 3.05) is 35.5 Å². The quantitative estimate of drug-likeness (QED) is 0.189. The van der Waals surface area contributed by atoms with Gasteiger partial charge < -0.3 is 28.8 Å². The van der Waals surface area contributed by atoms with Gasteiger partial charge in [0.15, 0.2) is 46.1 Å². The Hall–Kier alpha value is -4.98. The minimum Gasteiger partial charge on any atom is -0.504 e. The molecule has 3 rings (SSSR count). The number of phenolic OH excluding ortho intramolecular Hbond substituents is 1. The molecule has 3 aromatic rings. The van der Waals surface area contributed by atoms with Crippen LogP contribution in [-0.4, -0.2) is 52.2 Å². The number of ketones is 2. The van der Waals surface area contributed by atoms with Gasteiger partial charge in [-0.05, 0) is 60.2 Å². The average molecular weight is 531 g/mol. The van der Waals surface area contributed by atoms with Gasteiger partial charge in [0.25, 0.3) is 0 Å². The molecule has 8 heteroatoms. The first-order valence-corrected chi connectivity index (χ1v) is 11.8. The average Bonchev–Trinajstić information content (AvgIpc) is 2.97. The van der Waals surface area contributed by atoms with Crippen LogP contribution in [-0.2, 0) is 9.59 Å². The fraction of sp³-hybridized carbons (Fsp3) is 0.161. The number of methoxy groups -OCH3 is 5. The van der Waals surface area contributed by atoms with Crippen LogP contribution in [0.3, 0.4) is 0 Å². The van der Waals surface area contributed by atoms with Crippen molar-refractivity contribution < 1.29 is 38.4 Å². The summed E-state index contributed by atoms with van der Waals surface area (Å²) in [5, 5.41) is 9.95. The number of hydrogen-bond donors (Lipinski definition) is 1. The topological polar surface area (TPSA) is 101 Å². The monoisotopic (exact) mass is 530 g/mol. The molecule has 0 saturated heterocycles. The van der Waals surface area contributed by atoms with Crippen LogP contribution in [0.2, 0.25) is 0 Å². The molecule has 0 spiro atoms. The van der Waals surface area contributed by atoms with Crippen molar-refractivity contribution >= 4 is 29.8 Å². The van der Waals surface area contributed by atoms with Gasteiger partial charge in [0.2, 0.25) is 0 Å². The molecule has 0 aromatic heterocycles. The molecule has 0 bridgehead atoms. The summed E-state index contributed by atoms with van der Waals surface area (Å²) >= 11 is 0. The first-order chi connectivity index (χ1) is 18.9.